The topological polar surface area (TPSA) is 38.9 Å². The van der Waals surface area contributed by atoms with E-state index < -0.39 is 0 Å². The van der Waals surface area contributed by atoms with Crippen LogP contribution in [0, 0.1) is 6.92 Å². The van der Waals surface area contributed by atoms with Gasteiger partial charge in [0, 0.05) is 6.20 Å². The van der Waals surface area contributed by atoms with Gasteiger partial charge >= 0.3 is 0 Å². The molecule has 0 radical (unpaired) electrons. The summed E-state index contributed by atoms with van der Waals surface area (Å²) < 4.78 is 0. The van der Waals surface area contributed by atoms with Gasteiger partial charge in [-0.3, -0.25) is 0 Å². The molecule has 0 aromatic carbocycles. The van der Waals surface area contributed by atoms with Gasteiger partial charge in [0.25, 0.3) is 0 Å². The standard InChI is InChI=1S/C6H8N2.CH4/c1-5-2-3-6(7)8-4-5;/h2-4H,1H3,(H2,7,8);1H4. The fourth-order valence-electron chi connectivity index (χ4n) is 0.479. The van der Waals surface area contributed by atoms with Gasteiger partial charge in [0.05, 0.1) is 0 Å². The Morgan fingerprint density at radius 2 is 2.11 bits per heavy atom. The summed E-state index contributed by atoms with van der Waals surface area (Å²) in [4.78, 5) is 3.86. The SMILES string of the molecule is C.Cc1ccc(N)nc1. The van der Waals surface area contributed by atoms with Gasteiger partial charge in [-0.15, -0.1) is 0 Å². The van der Waals surface area contributed by atoms with Crippen molar-refractivity contribution in [3.8, 4) is 0 Å². The number of nitrogen functional groups attached to an aromatic ring is 1. The van der Waals surface area contributed by atoms with E-state index in [1.54, 1.807) is 12.3 Å². The first-order valence-electron chi connectivity index (χ1n) is 2.47. The molecule has 0 aliphatic heterocycles. The highest BCUT2D eigenvalue weighted by molar-refractivity contribution is 5.28. The highest BCUT2D eigenvalue weighted by Crippen LogP contribution is 1.97. The average molecular weight is 124 g/mol. The number of pyridine rings is 1. The lowest BCUT2D eigenvalue weighted by molar-refractivity contribution is 1.28. The first-order valence-corrected chi connectivity index (χ1v) is 2.47. The van der Waals surface area contributed by atoms with Crippen LogP contribution in [0.15, 0.2) is 18.3 Å². The second kappa shape index (κ2) is 3.07. The van der Waals surface area contributed by atoms with Gasteiger partial charge in [0.15, 0.2) is 0 Å². The van der Waals surface area contributed by atoms with Crippen LogP contribution < -0.4 is 5.73 Å². The van der Waals surface area contributed by atoms with E-state index in [2.05, 4.69) is 4.98 Å². The minimum absolute atomic E-state index is 0. The second-order valence-electron chi connectivity index (χ2n) is 1.76. The number of hydrogen-bond donors (Lipinski definition) is 1. The molecule has 1 aromatic rings. The minimum atomic E-state index is 0. The molecule has 0 spiro atoms. The first-order chi connectivity index (χ1) is 3.79. The zero-order valence-corrected chi connectivity index (χ0v) is 4.76. The third-order valence-corrected chi connectivity index (χ3v) is 0.934. The summed E-state index contributed by atoms with van der Waals surface area (Å²) in [6, 6.07) is 3.72. The number of aryl methyl sites for hydroxylation is 1. The van der Waals surface area contributed by atoms with E-state index in [-0.39, 0.29) is 7.43 Å². The molecule has 9 heavy (non-hydrogen) atoms. The maximum atomic E-state index is 5.32. The molecule has 2 N–H and O–H groups in total. The molecule has 1 heterocycles. The van der Waals surface area contributed by atoms with E-state index in [1.807, 2.05) is 13.0 Å². The minimum Gasteiger partial charge on any atom is -0.384 e. The Morgan fingerprint density at radius 3 is 2.44 bits per heavy atom. The molecular weight excluding hydrogens is 112 g/mol. The normalized spacial score (nSPS) is 8.11. The second-order valence-corrected chi connectivity index (χ2v) is 1.76. The Bertz CT molecular complexity index is 146. The van der Waals surface area contributed by atoms with Crippen LogP contribution in [-0.4, -0.2) is 4.98 Å². The molecule has 0 saturated carbocycles. The number of aromatic nitrogens is 1. The largest absolute Gasteiger partial charge is 0.384 e. The summed E-state index contributed by atoms with van der Waals surface area (Å²) >= 11 is 0. The van der Waals surface area contributed by atoms with Crippen LogP contribution in [0.3, 0.4) is 0 Å². The maximum absolute atomic E-state index is 5.32. The van der Waals surface area contributed by atoms with Crippen LogP contribution in [0.1, 0.15) is 13.0 Å². The predicted molar refractivity (Wildman–Crippen MR) is 40.1 cm³/mol. The van der Waals surface area contributed by atoms with Crippen LogP contribution >= 0.6 is 0 Å². The molecule has 1 rings (SSSR count). The van der Waals surface area contributed by atoms with E-state index in [1.165, 1.54) is 0 Å². The number of hydrogen-bond acceptors (Lipinski definition) is 2. The zero-order valence-electron chi connectivity index (χ0n) is 4.76. The van der Waals surface area contributed by atoms with Gasteiger partial charge in [-0.1, -0.05) is 13.5 Å². The van der Waals surface area contributed by atoms with Gasteiger partial charge < -0.3 is 5.73 Å². The van der Waals surface area contributed by atoms with Crippen molar-refractivity contribution in [3.63, 3.8) is 0 Å². The molecule has 0 amide bonds. The van der Waals surface area contributed by atoms with Gasteiger partial charge in [0.1, 0.15) is 5.82 Å². The molecule has 2 nitrogen and oxygen atoms in total. The Labute approximate surface area is 55.7 Å². The van der Waals surface area contributed by atoms with Crippen molar-refractivity contribution in [2.24, 2.45) is 0 Å². The third-order valence-electron chi connectivity index (χ3n) is 0.934. The summed E-state index contributed by atoms with van der Waals surface area (Å²) in [7, 11) is 0. The Balaban J connectivity index is 0.000000640. The summed E-state index contributed by atoms with van der Waals surface area (Å²) in [5, 5.41) is 0. The van der Waals surface area contributed by atoms with Crippen molar-refractivity contribution in [2.75, 3.05) is 5.73 Å². The molecule has 0 atom stereocenters. The molecule has 0 aliphatic rings. The Hall–Kier alpha value is -1.05. The van der Waals surface area contributed by atoms with Gasteiger partial charge in [-0.05, 0) is 18.6 Å². The fourth-order valence-corrected chi connectivity index (χ4v) is 0.479. The van der Waals surface area contributed by atoms with Crippen LogP contribution in [0.5, 0.6) is 0 Å². The summed E-state index contributed by atoms with van der Waals surface area (Å²) in [5.41, 5.74) is 6.45. The average Bonchev–Trinajstić information content (AvgIpc) is 1.77. The molecule has 50 valence electrons. The summed E-state index contributed by atoms with van der Waals surface area (Å²) in [6.07, 6.45) is 1.75. The fraction of sp³-hybridized carbons (Fsp3) is 0.286. The van der Waals surface area contributed by atoms with Gasteiger partial charge in [-0.2, -0.15) is 0 Å². The lowest BCUT2D eigenvalue weighted by Gasteiger charge is -1.89. The van der Waals surface area contributed by atoms with Crippen molar-refractivity contribution in [3.05, 3.63) is 23.9 Å². The predicted octanol–water partition coefficient (Wildman–Crippen LogP) is 1.61. The van der Waals surface area contributed by atoms with E-state index in [4.69, 9.17) is 5.73 Å². The molecule has 0 unspecified atom stereocenters. The zero-order chi connectivity index (χ0) is 5.98. The molecule has 1 aromatic heterocycles. The highest BCUT2D eigenvalue weighted by Gasteiger charge is 1.81. The van der Waals surface area contributed by atoms with Crippen molar-refractivity contribution in [1.82, 2.24) is 4.98 Å². The van der Waals surface area contributed by atoms with Crippen LogP contribution in [0.4, 0.5) is 5.82 Å². The lowest BCUT2D eigenvalue weighted by Crippen LogP contribution is -1.87. The third kappa shape index (κ3) is 2.13. The van der Waals surface area contributed by atoms with Crippen LogP contribution in [0.25, 0.3) is 0 Å². The number of nitrogens with zero attached hydrogens (tertiary/aromatic N) is 1. The molecule has 0 aliphatic carbocycles. The van der Waals surface area contributed by atoms with E-state index in [9.17, 15) is 0 Å². The van der Waals surface area contributed by atoms with Crippen molar-refractivity contribution >= 4 is 5.82 Å². The van der Waals surface area contributed by atoms with Gasteiger partial charge in [-0.25, -0.2) is 4.98 Å². The monoisotopic (exact) mass is 124 g/mol. The smallest absolute Gasteiger partial charge is 0.123 e. The Morgan fingerprint density at radius 1 is 1.44 bits per heavy atom. The van der Waals surface area contributed by atoms with Gasteiger partial charge in [0.2, 0.25) is 0 Å². The van der Waals surface area contributed by atoms with E-state index in [0.29, 0.717) is 5.82 Å². The summed E-state index contributed by atoms with van der Waals surface area (Å²) in [5.74, 6) is 0.579. The van der Waals surface area contributed by atoms with Crippen molar-refractivity contribution in [1.29, 1.82) is 0 Å². The molecule has 0 bridgehead atoms. The van der Waals surface area contributed by atoms with Crippen LogP contribution in [-0.2, 0) is 0 Å². The molecule has 2 heteroatoms. The van der Waals surface area contributed by atoms with Crippen LogP contribution in [0.2, 0.25) is 0 Å². The first kappa shape index (κ1) is 7.95. The molecular formula is C7H12N2. The number of anilines is 1. The van der Waals surface area contributed by atoms with Crippen molar-refractivity contribution in [2.45, 2.75) is 14.4 Å². The Kier molecular flexibility index (Phi) is 2.71. The lowest BCUT2D eigenvalue weighted by atomic mass is 10.3. The van der Waals surface area contributed by atoms with Crippen molar-refractivity contribution < 1.29 is 0 Å². The number of nitrogens with two attached hydrogens (primary N) is 1. The summed E-state index contributed by atoms with van der Waals surface area (Å²) in [6.45, 7) is 1.98. The number of rotatable bonds is 0. The highest BCUT2D eigenvalue weighted by atomic mass is 14.8. The molecule has 0 fully saturated rings. The quantitative estimate of drug-likeness (QED) is 0.570. The van der Waals surface area contributed by atoms with E-state index >= 15 is 0 Å². The van der Waals surface area contributed by atoms with E-state index in [0.717, 1.165) is 5.56 Å². The molecule has 0 saturated heterocycles. The maximum Gasteiger partial charge on any atom is 0.123 e.